The third kappa shape index (κ3) is 5.00. The summed E-state index contributed by atoms with van der Waals surface area (Å²) in [6.07, 6.45) is 2.65. The molecular formula is C20H21N3O7S. The van der Waals surface area contributed by atoms with E-state index in [9.17, 15) is 19.2 Å². The normalized spacial score (nSPS) is 20.0. The molecule has 31 heavy (non-hydrogen) atoms. The average molecular weight is 447 g/mol. The number of thioether (sulfide) groups is 1. The van der Waals surface area contributed by atoms with E-state index in [0.717, 1.165) is 5.56 Å². The first kappa shape index (κ1) is 22.2. The van der Waals surface area contributed by atoms with Crippen LogP contribution in [0, 0.1) is 0 Å². The Labute approximate surface area is 182 Å². The van der Waals surface area contributed by atoms with Crippen molar-refractivity contribution in [2.24, 2.45) is 5.73 Å². The van der Waals surface area contributed by atoms with E-state index in [1.165, 1.54) is 22.7 Å². The van der Waals surface area contributed by atoms with Crippen molar-refractivity contribution in [3.8, 4) is 5.75 Å². The van der Waals surface area contributed by atoms with E-state index in [2.05, 4.69) is 10.1 Å². The molecule has 0 aromatic heterocycles. The molecule has 1 aromatic carbocycles. The molecule has 2 aliphatic heterocycles. The smallest absolute Gasteiger partial charge is 0.404 e. The van der Waals surface area contributed by atoms with Crippen molar-refractivity contribution in [3.05, 3.63) is 53.3 Å². The number of carbonyl (C=O) groups is 4. The number of rotatable bonds is 9. The summed E-state index contributed by atoms with van der Waals surface area (Å²) in [5.74, 6) is -0.00387. The Kier molecular flexibility index (Phi) is 7.19. The molecule has 2 aliphatic rings. The summed E-state index contributed by atoms with van der Waals surface area (Å²) in [5.41, 5.74) is 6.31. The van der Waals surface area contributed by atoms with Crippen LogP contribution in [0.1, 0.15) is 5.56 Å². The minimum Gasteiger partial charge on any atom is -0.497 e. The fraction of sp³-hybridized carbons (Fsp3) is 0.300. The van der Waals surface area contributed by atoms with E-state index in [-0.39, 0.29) is 18.9 Å². The molecule has 1 saturated heterocycles. The van der Waals surface area contributed by atoms with Gasteiger partial charge in [-0.2, -0.15) is 0 Å². The van der Waals surface area contributed by atoms with Crippen molar-refractivity contribution in [2.45, 2.75) is 18.0 Å². The van der Waals surface area contributed by atoms with Gasteiger partial charge in [-0.25, -0.2) is 9.59 Å². The highest BCUT2D eigenvalue weighted by molar-refractivity contribution is 8.00. The Morgan fingerprint density at radius 3 is 2.68 bits per heavy atom. The number of β-lactam (4-membered cyclic amide) rings is 1. The Hall–Kier alpha value is -3.47. The lowest BCUT2D eigenvalue weighted by Gasteiger charge is -2.49. The number of methoxy groups -OCH3 is 1. The first-order chi connectivity index (χ1) is 15.0. The molecule has 0 saturated carbocycles. The predicted molar refractivity (Wildman–Crippen MR) is 111 cm³/mol. The second kappa shape index (κ2) is 10.0. The van der Waals surface area contributed by atoms with Gasteiger partial charge in [0.25, 0.3) is 5.91 Å². The topological polar surface area (TPSA) is 137 Å². The van der Waals surface area contributed by atoms with Crippen LogP contribution in [0.5, 0.6) is 5.75 Å². The van der Waals surface area contributed by atoms with Crippen LogP contribution in [0.4, 0.5) is 4.79 Å². The molecule has 0 aliphatic carbocycles. The first-order valence-electron chi connectivity index (χ1n) is 9.22. The molecule has 1 aromatic rings. The van der Waals surface area contributed by atoms with Crippen molar-refractivity contribution in [2.75, 3.05) is 19.5 Å². The summed E-state index contributed by atoms with van der Waals surface area (Å²) in [4.78, 5) is 48.2. The van der Waals surface area contributed by atoms with Gasteiger partial charge in [-0.05, 0) is 29.3 Å². The monoisotopic (exact) mass is 447 g/mol. The van der Waals surface area contributed by atoms with E-state index >= 15 is 0 Å². The van der Waals surface area contributed by atoms with Gasteiger partial charge in [-0.3, -0.25) is 14.5 Å². The van der Waals surface area contributed by atoms with Gasteiger partial charge in [-0.1, -0.05) is 18.2 Å². The standard InChI is InChI=1S/C20H21N3O7S/c1-28-14-6-4-12(5-7-14)9-30-19(26)16-13(3-2-8-29-20(21)27)10-31-18-15(22-11-24)17(25)23(16)18/h2-7,11,15,18H,8-10H2,1H3,(H2,21,27)(H,22,24)/b3-2+/t15-,18-/m1/s1. The van der Waals surface area contributed by atoms with Gasteiger partial charge in [0.2, 0.25) is 6.41 Å². The molecule has 0 unspecified atom stereocenters. The molecule has 3 amide bonds. The van der Waals surface area contributed by atoms with Crippen LogP contribution in [0.2, 0.25) is 0 Å². The molecule has 0 bridgehead atoms. The molecule has 11 heteroatoms. The summed E-state index contributed by atoms with van der Waals surface area (Å²) in [7, 11) is 1.55. The molecule has 3 rings (SSSR count). The number of nitrogens with zero attached hydrogens (tertiary/aromatic N) is 1. The maximum Gasteiger partial charge on any atom is 0.404 e. The highest BCUT2D eigenvalue weighted by Crippen LogP contribution is 2.40. The summed E-state index contributed by atoms with van der Waals surface area (Å²) < 4.78 is 15.2. The van der Waals surface area contributed by atoms with Crippen LogP contribution < -0.4 is 15.8 Å². The molecule has 3 N–H and O–H groups in total. The summed E-state index contributed by atoms with van der Waals surface area (Å²) in [6.45, 7) is -0.0751. The van der Waals surface area contributed by atoms with Crippen LogP contribution in [-0.2, 0) is 30.5 Å². The molecule has 1 fully saturated rings. The second-order valence-corrected chi connectivity index (χ2v) is 7.61. The van der Waals surface area contributed by atoms with E-state index in [4.69, 9.17) is 15.2 Å². The molecule has 0 radical (unpaired) electrons. The average Bonchev–Trinajstić information content (AvgIpc) is 2.78. The Morgan fingerprint density at radius 2 is 2.03 bits per heavy atom. The van der Waals surface area contributed by atoms with Crippen molar-refractivity contribution >= 4 is 36.1 Å². The first-order valence-corrected chi connectivity index (χ1v) is 10.3. The molecule has 2 heterocycles. The minimum atomic E-state index is -0.920. The SMILES string of the molecule is COc1ccc(COC(=O)C2=C(/C=C/COC(N)=O)CS[C@@H]3[C@H](NC=O)C(=O)N23)cc1. The van der Waals surface area contributed by atoms with Gasteiger partial charge in [0.1, 0.15) is 36.1 Å². The van der Waals surface area contributed by atoms with E-state index in [1.807, 2.05) is 0 Å². The van der Waals surface area contributed by atoms with E-state index in [1.54, 1.807) is 37.5 Å². The summed E-state index contributed by atoms with van der Waals surface area (Å²) in [6, 6.07) is 6.33. The van der Waals surface area contributed by atoms with Crippen LogP contribution in [0.3, 0.4) is 0 Å². The fourth-order valence-corrected chi connectivity index (χ4v) is 4.44. The number of carbonyl (C=O) groups excluding carboxylic acids is 4. The van der Waals surface area contributed by atoms with Crippen molar-refractivity contribution in [1.82, 2.24) is 10.2 Å². The number of nitrogens with one attached hydrogen (secondary N) is 1. The molecule has 10 nitrogen and oxygen atoms in total. The largest absolute Gasteiger partial charge is 0.497 e. The fourth-order valence-electron chi connectivity index (χ4n) is 3.11. The number of primary amides is 1. The van der Waals surface area contributed by atoms with Crippen LogP contribution in [0.25, 0.3) is 0 Å². The number of esters is 1. The maximum atomic E-state index is 12.9. The van der Waals surface area contributed by atoms with Gasteiger partial charge in [0.15, 0.2) is 0 Å². The third-order valence-corrected chi connectivity index (χ3v) is 5.91. The lowest BCUT2D eigenvalue weighted by atomic mass is 10.0. The summed E-state index contributed by atoms with van der Waals surface area (Å²) >= 11 is 1.40. The van der Waals surface area contributed by atoms with Crippen molar-refractivity contribution < 1.29 is 33.4 Å². The van der Waals surface area contributed by atoms with Crippen LogP contribution in [-0.4, -0.2) is 60.2 Å². The van der Waals surface area contributed by atoms with Gasteiger partial charge < -0.3 is 25.3 Å². The number of allylic oxidation sites excluding steroid dienone is 1. The second-order valence-electron chi connectivity index (χ2n) is 6.50. The number of amides is 3. The zero-order chi connectivity index (χ0) is 22.4. The van der Waals surface area contributed by atoms with Gasteiger partial charge >= 0.3 is 12.1 Å². The Balaban J connectivity index is 1.78. The highest BCUT2D eigenvalue weighted by Gasteiger charge is 2.53. The molecule has 164 valence electrons. The zero-order valence-corrected chi connectivity index (χ0v) is 17.4. The quantitative estimate of drug-likeness (QED) is 0.320. The number of nitrogens with two attached hydrogens (primary N) is 1. The molecular weight excluding hydrogens is 426 g/mol. The maximum absolute atomic E-state index is 12.9. The highest BCUT2D eigenvalue weighted by atomic mass is 32.2. The van der Waals surface area contributed by atoms with Crippen LogP contribution in [0.15, 0.2) is 47.7 Å². The minimum absolute atomic E-state index is 0.00393. The number of fused-ring (bicyclic) bond motifs is 1. The van der Waals surface area contributed by atoms with Gasteiger partial charge in [0.05, 0.1) is 7.11 Å². The Morgan fingerprint density at radius 1 is 1.29 bits per heavy atom. The molecule has 2 atom stereocenters. The lowest BCUT2D eigenvalue weighted by Crippen LogP contribution is -2.69. The number of hydrogen-bond donors (Lipinski definition) is 2. The Bertz CT molecular complexity index is 929. The van der Waals surface area contributed by atoms with E-state index in [0.29, 0.717) is 23.5 Å². The van der Waals surface area contributed by atoms with E-state index < -0.39 is 29.4 Å². The zero-order valence-electron chi connectivity index (χ0n) is 16.6. The number of benzene rings is 1. The van der Waals surface area contributed by atoms with Crippen molar-refractivity contribution in [1.29, 1.82) is 0 Å². The predicted octanol–water partition coefficient (Wildman–Crippen LogP) is 0.674. The van der Waals surface area contributed by atoms with Crippen molar-refractivity contribution in [3.63, 3.8) is 0 Å². The lowest BCUT2D eigenvalue weighted by molar-refractivity contribution is -0.152. The summed E-state index contributed by atoms with van der Waals surface area (Å²) in [5, 5.41) is 2.07. The number of ether oxygens (including phenoxy) is 3. The van der Waals surface area contributed by atoms with Crippen LogP contribution >= 0.6 is 11.8 Å². The third-order valence-electron chi connectivity index (χ3n) is 4.61. The number of hydrogen-bond acceptors (Lipinski definition) is 8. The van der Waals surface area contributed by atoms with Gasteiger partial charge in [0, 0.05) is 5.75 Å². The molecule has 0 spiro atoms. The van der Waals surface area contributed by atoms with Gasteiger partial charge in [-0.15, -0.1) is 11.8 Å².